The molecule has 1 saturated carbocycles. The van der Waals surface area contributed by atoms with Crippen molar-refractivity contribution in [2.75, 3.05) is 10.2 Å². The Bertz CT molecular complexity index is 734. The van der Waals surface area contributed by atoms with Crippen LogP contribution in [0.25, 0.3) is 0 Å². The minimum absolute atomic E-state index is 0.393. The summed E-state index contributed by atoms with van der Waals surface area (Å²) in [4.78, 5) is 11.9. The van der Waals surface area contributed by atoms with E-state index in [4.69, 9.17) is 9.97 Å². The van der Waals surface area contributed by atoms with Gasteiger partial charge in [0, 0.05) is 29.5 Å². The van der Waals surface area contributed by atoms with Gasteiger partial charge in [0.1, 0.15) is 5.82 Å². The predicted molar refractivity (Wildman–Crippen MR) is 104 cm³/mol. The Balaban J connectivity index is 1.61. The Labute approximate surface area is 150 Å². The molecule has 0 spiro atoms. The topological polar surface area (TPSA) is 41.1 Å². The van der Waals surface area contributed by atoms with Crippen molar-refractivity contribution in [3.8, 4) is 0 Å². The molecule has 0 radical (unpaired) electrons. The van der Waals surface area contributed by atoms with Gasteiger partial charge in [-0.3, -0.25) is 0 Å². The number of nitrogens with zero attached hydrogens (tertiary/aromatic N) is 3. The molecule has 1 aromatic carbocycles. The highest BCUT2D eigenvalue weighted by atomic mass is 15.3. The Morgan fingerprint density at radius 1 is 1.04 bits per heavy atom. The van der Waals surface area contributed by atoms with Crippen LogP contribution in [-0.2, 0) is 6.42 Å². The summed E-state index contributed by atoms with van der Waals surface area (Å²) in [7, 11) is 0. The number of fused-ring (bicyclic) bond motifs is 1. The number of nitrogens with one attached hydrogen (secondary N) is 1. The van der Waals surface area contributed by atoms with E-state index in [-0.39, 0.29) is 0 Å². The molecule has 1 atom stereocenters. The molecular formula is C21H28N4. The second-order valence-electron chi connectivity index (χ2n) is 7.58. The maximum Gasteiger partial charge on any atom is 0.232 e. The molecule has 1 N–H and O–H groups in total. The molecule has 132 valence electrons. The van der Waals surface area contributed by atoms with Gasteiger partial charge in [-0.25, -0.2) is 4.98 Å². The first-order valence-corrected chi connectivity index (χ1v) is 9.70. The minimum Gasteiger partial charge on any atom is -0.367 e. The molecule has 1 unspecified atom stereocenters. The number of aromatic nitrogens is 2. The van der Waals surface area contributed by atoms with E-state index in [0.29, 0.717) is 12.1 Å². The Morgan fingerprint density at radius 2 is 1.80 bits per heavy atom. The van der Waals surface area contributed by atoms with E-state index in [0.717, 1.165) is 23.9 Å². The van der Waals surface area contributed by atoms with E-state index < -0.39 is 0 Å². The predicted octanol–water partition coefficient (Wildman–Crippen LogP) is 5.00. The third-order valence-electron chi connectivity index (χ3n) is 5.47. The molecule has 1 aromatic heterocycles. The van der Waals surface area contributed by atoms with Crippen LogP contribution in [0, 0.1) is 6.92 Å². The van der Waals surface area contributed by atoms with Gasteiger partial charge in [0.2, 0.25) is 5.95 Å². The smallest absolute Gasteiger partial charge is 0.232 e. The summed E-state index contributed by atoms with van der Waals surface area (Å²) in [5, 5.41) is 3.69. The van der Waals surface area contributed by atoms with Gasteiger partial charge >= 0.3 is 0 Å². The number of rotatable bonds is 3. The van der Waals surface area contributed by atoms with Crippen molar-refractivity contribution in [2.24, 2.45) is 0 Å². The quantitative estimate of drug-likeness (QED) is 0.801. The van der Waals surface area contributed by atoms with Crippen LogP contribution in [-0.4, -0.2) is 22.1 Å². The maximum atomic E-state index is 4.89. The van der Waals surface area contributed by atoms with Crippen molar-refractivity contribution >= 4 is 17.5 Å². The van der Waals surface area contributed by atoms with Crippen molar-refractivity contribution in [1.82, 2.24) is 9.97 Å². The SMILES string of the molecule is Cc1cc(NC2CCCCCC2)nc(N2c3ccccc3CC2C)n1. The molecule has 4 rings (SSSR count). The highest BCUT2D eigenvalue weighted by Crippen LogP contribution is 2.36. The molecule has 1 aliphatic heterocycles. The zero-order valence-corrected chi connectivity index (χ0v) is 15.3. The van der Waals surface area contributed by atoms with Crippen molar-refractivity contribution in [1.29, 1.82) is 0 Å². The Morgan fingerprint density at radius 3 is 2.60 bits per heavy atom. The monoisotopic (exact) mass is 336 g/mol. The van der Waals surface area contributed by atoms with Crippen molar-refractivity contribution in [3.63, 3.8) is 0 Å². The average Bonchev–Trinajstić information content (AvgIpc) is 2.74. The third-order valence-corrected chi connectivity index (χ3v) is 5.47. The number of anilines is 3. The van der Waals surface area contributed by atoms with Crippen LogP contribution in [0.1, 0.15) is 56.7 Å². The van der Waals surface area contributed by atoms with Crippen LogP contribution >= 0.6 is 0 Å². The van der Waals surface area contributed by atoms with Gasteiger partial charge in [-0.2, -0.15) is 4.98 Å². The van der Waals surface area contributed by atoms with E-state index in [2.05, 4.69) is 54.4 Å². The lowest BCUT2D eigenvalue weighted by Crippen LogP contribution is -2.27. The van der Waals surface area contributed by atoms with Gasteiger partial charge < -0.3 is 10.2 Å². The van der Waals surface area contributed by atoms with Crippen LogP contribution < -0.4 is 10.2 Å². The summed E-state index contributed by atoms with van der Waals surface area (Å²) in [6.07, 6.45) is 8.94. The summed E-state index contributed by atoms with van der Waals surface area (Å²) < 4.78 is 0. The average molecular weight is 336 g/mol. The van der Waals surface area contributed by atoms with Gasteiger partial charge in [-0.1, -0.05) is 43.9 Å². The molecule has 4 nitrogen and oxygen atoms in total. The maximum absolute atomic E-state index is 4.89. The van der Waals surface area contributed by atoms with E-state index in [9.17, 15) is 0 Å². The number of hydrogen-bond donors (Lipinski definition) is 1. The van der Waals surface area contributed by atoms with Gasteiger partial charge in [0.05, 0.1) is 0 Å². The Hall–Kier alpha value is -2.10. The molecule has 2 aromatic rings. The van der Waals surface area contributed by atoms with Gasteiger partial charge in [0.15, 0.2) is 0 Å². The molecule has 2 aliphatic rings. The fourth-order valence-electron chi connectivity index (χ4n) is 4.24. The van der Waals surface area contributed by atoms with E-state index >= 15 is 0 Å². The normalized spacial score (nSPS) is 21.0. The summed E-state index contributed by atoms with van der Waals surface area (Å²) in [6.45, 7) is 4.32. The van der Waals surface area contributed by atoms with Gasteiger partial charge in [-0.05, 0) is 44.7 Å². The van der Waals surface area contributed by atoms with Crippen molar-refractivity contribution in [3.05, 3.63) is 41.6 Å². The molecule has 1 aliphatic carbocycles. The highest BCUT2D eigenvalue weighted by molar-refractivity contribution is 5.67. The molecular weight excluding hydrogens is 308 g/mol. The van der Waals surface area contributed by atoms with Crippen molar-refractivity contribution < 1.29 is 0 Å². The number of hydrogen-bond acceptors (Lipinski definition) is 4. The second kappa shape index (κ2) is 7.03. The Kier molecular flexibility index (Phi) is 4.60. The largest absolute Gasteiger partial charge is 0.367 e. The lowest BCUT2D eigenvalue weighted by atomic mass is 10.1. The first-order chi connectivity index (χ1) is 12.2. The zero-order valence-electron chi connectivity index (χ0n) is 15.3. The molecule has 0 saturated heterocycles. The molecule has 2 heterocycles. The summed E-state index contributed by atoms with van der Waals surface area (Å²) in [5.74, 6) is 1.81. The molecule has 0 bridgehead atoms. The summed E-state index contributed by atoms with van der Waals surface area (Å²) in [5.41, 5.74) is 3.66. The third kappa shape index (κ3) is 3.48. The lowest BCUT2D eigenvalue weighted by molar-refractivity contribution is 0.617. The molecule has 0 amide bonds. The zero-order chi connectivity index (χ0) is 17.2. The van der Waals surface area contributed by atoms with Crippen molar-refractivity contribution in [2.45, 2.75) is 70.9 Å². The van der Waals surface area contributed by atoms with E-state index in [1.54, 1.807) is 0 Å². The fourth-order valence-corrected chi connectivity index (χ4v) is 4.24. The van der Waals surface area contributed by atoms with Gasteiger partial charge in [-0.15, -0.1) is 0 Å². The van der Waals surface area contributed by atoms with Crippen LogP contribution in [0.2, 0.25) is 0 Å². The number of aryl methyl sites for hydroxylation is 1. The number of benzene rings is 1. The number of para-hydroxylation sites is 1. The van der Waals surface area contributed by atoms with Crippen LogP contribution in [0.5, 0.6) is 0 Å². The van der Waals surface area contributed by atoms with E-state index in [1.165, 1.54) is 49.8 Å². The molecule has 25 heavy (non-hydrogen) atoms. The molecule has 4 heteroatoms. The lowest BCUT2D eigenvalue weighted by Gasteiger charge is -2.24. The van der Waals surface area contributed by atoms with Crippen LogP contribution in [0.4, 0.5) is 17.5 Å². The molecule has 1 fully saturated rings. The highest BCUT2D eigenvalue weighted by Gasteiger charge is 2.29. The standard InChI is InChI=1S/C21H28N4/c1-15-13-20(23-18-10-5-3-4-6-11-18)24-21(22-15)25-16(2)14-17-9-7-8-12-19(17)25/h7-9,12-13,16,18H,3-6,10-11,14H2,1-2H3,(H,22,23,24). The summed E-state index contributed by atoms with van der Waals surface area (Å²) in [6, 6.07) is 11.6. The van der Waals surface area contributed by atoms with Gasteiger partial charge in [0.25, 0.3) is 0 Å². The second-order valence-corrected chi connectivity index (χ2v) is 7.58. The van der Waals surface area contributed by atoms with Crippen LogP contribution in [0.3, 0.4) is 0 Å². The summed E-state index contributed by atoms with van der Waals surface area (Å²) >= 11 is 0. The first-order valence-electron chi connectivity index (χ1n) is 9.70. The first kappa shape index (κ1) is 16.4. The van der Waals surface area contributed by atoms with Crippen LogP contribution in [0.15, 0.2) is 30.3 Å². The van der Waals surface area contributed by atoms with E-state index in [1.807, 2.05) is 0 Å². The minimum atomic E-state index is 0.393. The fraction of sp³-hybridized carbons (Fsp3) is 0.524.